The van der Waals surface area contributed by atoms with Crippen LogP contribution < -0.4 is 5.32 Å². The zero-order valence-corrected chi connectivity index (χ0v) is 15.9. The average Bonchev–Trinajstić information content (AvgIpc) is 3.04. The highest BCUT2D eigenvalue weighted by Gasteiger charge is 2.23. The number of aromatic nitrogens is 1. The Hall–Kier alpha value is -2.73. The Morgan fingerprint density at radius 3 is 2.52 bits per heavy atom. The number of rotatable bonds is 8. The van der Waals surface area contributed by atoms with Crippen LogP contribution >= 0.6 is 11.8 Å². The van der Waals surface area contributed by atoms with Gasteiger partial charge in [-0.1, -0.05) is 48.5 Å². The number of nitrogens with one attached hydrogen (secondary N) is 1. The molecule has 0 aliphatic rings. The van der Waals surface area contributed by atoms with Crippen molar-refractivity contribution in [1.82, 2.24) is 9.88 Å². The Kier molecular flexibility index (Phi) is 6.19. The van der Waals surface area contributed by atoms with Crippen molar-refractivity contribution >= 4 is 34.5 Å². The third kappa shape index (κ3) is 4.52. The van der Waals surface area contributed by atoms with Gasteiger partial charge in [0.25, 0.3) is 5.91 Å². The minimum atomic E-state index is -1.01. The number of benzene rings is 2. The van der Waals surface area contributed by atoms with Gasteiger partial charge in [-0.25, -0.2) is 4.79 Å². The van der Waals surface area contributed by atoms with Gasteiger partial charge in [-0.2, -0.15) is 11.8 Å². The summed E-state index contributed by atoms with van der Waals surface area (Å²) >= 11 is 1.56. The highest BCUT2D eigenvalue weighted by Crippen LogP contribution is 2.21. The number of aliphatic carboxylic acids is 1. The van der Waals surface area contributed by atoms with E-state index in [4.69, 9.17) is 0 Å². The maximum atomic E-state index is 12.9. The van der Waals surface area contributed by atoms with Crippen molar-refractivity contribution in [3.63, 3.8) is 0 Å². The first-order valence-electron chi connectivity index (χ1n) is 8.75. The third-order valence-electron chi connectivity index (χ3n) is 4.44. The summed E-state index contributed by atoms with van der Waals surface area (Å²) in [5.74, 6) is -0.705. The summed E-state index contributed by atoms with van der Waals surface area (Å²) in [5, 5.41) is 13.0. The molecular weight excluding hydrogens is 360 g/mol. The van der Waals surface area contributed by atoms with Crippen LogP contribution in [0.4, 0.5) is 0 Å². The Bertz CT molecular complexity index is 937. The maximum absolute atomic E-state index is 12.9. The number of carbonyl (C=O) groups excluding carboxylic acids is 1. The number of carbonyl (C=O) groups is 2. The van der Waals surface area contributed by atoms with Gasteiger partial charge in [0.1, 0.15) is 11.7 Å². The molecule has 0 saturated heterocycles. The molecule has 27 heavy (non-hydrogen) atoms. The van der Waals surface area contributed by atoms with Crippen molar-refractivity contribution in [3.05, 3.63) is 71.9 Å². The second-order valence-corrected chi connectivity index (χ2v) is 7.29. The molecule has 0 fully saturated rings. The van der Waals surface area contributed by atoms with Crippen LogP contribution in [0.3, 0.4) is 0 Å². The standard InChI is InChI=1S/C21H22N2O3S/c1-27-12-11-17(21(25)26)22-20(24)19-13-16-9-5-6-10-18(16)23(19)14-15-7-3-2-4-8-15/h2-10,13,17H,11-12,14H2,1H3,(H,22,24)(H,25,26)/t17-/m1/s1. The van der Waals surface area contributed by atoms with Crippen LogP contribution in [0, 0.1) is 0 Å². The normalized spacial score (nSPS) is 12.0. The second-order valence-electron chi connectivity index (χ2n) is 6.31. The molecular formula is C21H22N2O3S. The monoisotopic (exact) mass is 382 g/mol. The fourth-order valence-corrected chi connectivity index (χ4v) is 3.53. The molecule has 3 aromatic rings. The molecule has 5 nitrogen and oxygen atoms in total. The molecule has 0 unspecified atom stereocenters. The van der Waals surface area contributed by atoms with Gasteiger partial charge in [-0.15, -0.1) is 0 Å². The minimum Gasteiger partial charge on any atom is -0.480 e. The van der Waals surface area contributed by atoms with Crippen LogP contribution in [-0.2, 0) is 11.3 Å². The first-order valence-corrected chi connectivity index (χ1v) is 10.1. The fourth-order valence-electron chi connectivity index (χ4n) is 3.06. The molecule has 0 spiro atoms. The number of thioether (sulfide) groups is 1. The van der Waals surface area contributed by atoms with Crippen molar-refractivity contribution in [2.45, 2.75) is 19.0 Å². The van der Waals surface area contributed by atoms with Gasteiger partial charge >= 0.3 is 5.97 Å². The van der Waals surface area contributed by atoms with Gasteiger partial charge in [-0.3, -0.25) is 4.79 Å². The van der Waals surface area contributed by atoms with E-state index in [9.17, 15) is 14.7 Å². The zero-order valence-electron chi connectivity index (χ0n) is 15.1. The summed E-state index contributed by atoms with van der Waals surface area (Å²) < 4.78 is 1.94. The smallest absolute Gasteiger partial charge is 0.326 e. The van der Waals surface area contributed by atoms with Gasteiger partial charge in [0.2, 0.25) is 0 Å². The number of para-hydroxylation sites is 1. The number of carboxylic acid groups (broad SMARTS) is 1. The lowest BCUT2D eigenvalue weighted by Crippen LogP contribution is -2.41. The van der Waals surface area contributed by atoms with Crippen LogP contribution in [0.25, 0.3) is 10.9 Å². The predicted molar refractivity (Wildman–Crippen MR) is 109 cm³/mol. The Balaban J connectivity index is 1.94. The first kappa shape index (κ1) is 19.0. The lowest BCUT2D eigenvalue weighted by molar-refractivity contribution is -0.139. The molecule has 1 aromatic heterocycles. The molecule has 6 heteroatoms. The Morgan fingerprint density at radius 1 is 1.11 bits per heavy atom. The Labute approximate surface area is 162 Å². The topological polar surface area (TPSA) is 71.3 Å². The Morgan fingerprint density at radius 2 is 1.81 bits per heavy atom. The summed E-state index contributed by atoms with van der Waals surface area (Å²) in [6.45, 7) is 0.541. The average molecular weight is 382 g/mol. The number of carboxylic acids is 1. The molecule has 1 amide bonds. The van der Waals surface area contributed by atoms with E-state index < -0.39 is 12.0 Å². The van der Waals surface area contributed by atoms with Gasteiger partial charge in [0.15, 0.2) is 0 Å². The zero-order chi connectivity index (χ0) is 19.2. The van der Waals surface area contributed by atoms with Crippen LogP contribution in [0.15, 0.2) is 60.7 Å². The fraction of sp³-hybridized carbons (Fsp3) is 0.238. The molecule has 2 N–H and O–H groups in total. The largest absolute Gasteiger partial charge is 0.480 e. The molecule has 3 rings (SSSR count). The third-order valence-corrected chi connectivity index (χ3v) is 5.08. The van der Waals surface area contributed by atoms with Crippen molar-refractivity contribution in [2.75, 3.05) is 12.0 Å². The van der Waals surface area contributed by atoms with Gasteiger partial charge in [0.05, 0.1) is 0 Å². The molecule has 0 aliphatic carbocycles. The van der Waals surface area contributed by atoms with Crippen molar-refractivity contribution in [3.8, 4) is 0 Å². The molecule has 0 aliphatic heterocycles. The number of nitrogens with zero attached hydrogens (tertiary/aromatic N) is 1. The summed E-state index contributed by atoms with van der Waals surface area (Å²) in [6.07, 6.45) is 2.31. The molecule has 2 aromatic carbocycles. The van der Waals surface area contributed by atoms with Crippen molar-refractivity contribution in [1.29, 1.82) is 0 Å². The van der Waals surface area contributed by atoms with E-state index in [-0.39, 0.29) is 5.91 Å². The van der Waals surface area contributed by atoms with E-state index in [1.807, 2.05) is 71.5 Å². The van der Waals surface area contributed by atoms with Crippen LogP contribution in [0.1, 0.15) is 22.5 Å². The predicted octanol–water partition coefficient (Wildman–Crippen LogP) is 3.63. The lowest BCUT2D eigenvalue weighted by atomic mass is 10.2. The second kappa shape index (κ2) is 8.77. The van der Waals surface area contributed by atoms with Crippen molar-refractivity contribution < 1.29 is 14.7 Å². The van der Waals surface area contributed by atoms with E-state index in [0.29, 0.717) is 24.4 Å². The first-order chi connectivity index (χ1) is 13.1. The number of hydrogen-bond acceptors (Lipinski definition) is 3. The molecule has 1 heterocycles. The SMILES string of the molecule is CSCC[C@@H](NC(=O)c1cc2ccccc2n1Cc1ccccc1)C(=O)O. The molecule has 1 atom stereocenters. The summed E-state index contributed by atoms with van der Waals surface area (Å²) in [5.41, 5.74) is 2.49. The number of amides is 1. The van der Waals surface area contributed by atoms with Crippen LogP contribution in [0.5, 0.6) is 0 Å². The van der Waals surface area contributed by atoms with Gasteiger partial charge < -0.3 is 15.0 Å². The van der Waals surface area contributed by atoms with Gasteiger partial charge in [-0.05, 0) is 36.1 Å². The number of hydrogen-bond donors (Lipinski definition) is 2. The lowest BCUT2D eigenvalue weighted by Gasteiger charge is -2.16. The summed E-state index contributed by atoms with van der Waals surface area (Å²) in [7, 11) is 0. The molecule has 0 saturated carbocycles. The maximum Gasteiger partial charge on any atom is 0.326 e. The van der Waals surface area contributed by atoms with E-state index in [2.05, 4.69) is 5.32 Å². The molecule has 0 radical (unpaired) electrons. The van der Waals surface area contributed by atoms with Crippen LogP contribution in [-0.4, -0.2) is 39.6 Å². The molecule has 140 valence electrons. The summed E-state index contributed by atoms with van der Waals surface area (Å²) in [4.78, 5) is 24.4. The quantitative estimate of drug-likeness (QED) is 0.624. The summed E-state index contributed by atoms with van der Waals surface area (Å²) in [6, 6.07) is 18.6. The van der Waals surface area contributed by atoms with Crippen molar-refractivity contribution in [2.24, 2.45) is 0 Å². The molecule has 0 bridgehead atoms. The van der Waals surface area contributed by atoms with E-state index in [1.54, 1.807) is 11.8 Å². The van der Waals surface area contributed by atoms with Crippen LogP contribution in [0.2, 0.25) is 0 Å². The highest BCUT2D eigenvalue weighted by atomic mass is 32.2. The van der Waals surface area contributed by atoms with Gasteiger partial charge in [0, 0.05) is 17.4 Å². The van der Waals surface area contributed by atoms with E-state index in [1.165, 1.54) is 0 Å². The number of fused-ring (bicyclic) bond motifs is 1. The minimum absolute atomic E-state index is 0.365. The van der Waals surface area contributed by atoms with E-state index in [0.717, 1.165) is 16.5 Å². The van der Waals surface area contributed by atoms with E-state index >= 15 is 0 Å². The highest BCUT2D eigenvalue weighted by molar-refractivity contribution is 7.98.